The molecule has 1 aliphatic heterocycles. The maximum atomic E-state index is 5.77. The molecule has 0 saturated carbocycles. The molecular weight excluding hydrogens is 196 g/mol. The topological polar surface area (TPSA) is 55.0 Å². The summed E-state index contributed by atoms with van der Waals surface area (Å²) in [6, 6.07) is 0.719. The Balaban J connectivity index is 2.00. The van der Waals surface area contributed by atoms with Crippen LogP contribution in [0.3, 0.4) is 0 Å². The molecule has 1 fully saturated rings. The standard InChI is InChI=1S/C9H16N4S/c1-2-7-4-3-5-13(7)6-8-9(10)14-12-11-8/h7H,2-6,10H2,1H3. The molecule has 14 heavy (non-hydrogen) atoms. The van der Waals surface area contributed by atoms with E-state index in [2.05, 4.69) is 21.4 Å². The van der Waals surface area contributed by atoms with E-state index in [4.69, 9.17) is 5.73 Å². The molecule has 1 aromatic heterocycles. The average Bonchev–Trinajstić information content (AvgIpc) is 2.77. The van der Waals surface area contributed by atoms with E-state index in [9.17, 15) is 0 Å². The lowest BCUT2D eigenvalue weighted by Gasteiger charge is -2.21. The highest BCUT2D eigenvalue weighted by Gasteiger charge is 2.24. The van der Waals surface area contributed by atoms with Crippen molar-refractivity contribution in [1.82, 2.24) is 14.5 Å². The van der Waals surface area contributed by atoms with Crippen LogP contribution in [0.2, 0.25) is 0 Å². The molecule has 5 heteroatoms. The van der Waals surface area contributed by atoms with Gasteiger partial charge in [0.15, 0.2) is 0 Å². The maximum absolute atomic E-state index is 5.77. The van der Waals surface area contributed by atoms with Crippen molar-refractivity contribution in [2.24, 2.45) is 0 Å². The van der Waals surface area contributed by atoms with Crippen LogP contribution >= 0.6 is 11.5 Å². The van der Waals surface area contributed by atoms with Crippen molar-refractivity contribution in [3.63, 3.8) is 0 Å². The van der Waals surface area contributed by atoms with Crippen LogP contribution in [0.25, 0.3) is 0 Å². The minimum Gasteiger partial charge on any atom is -0.388 e. The van der Waals surface area contributed by atoms with Crippen molar-refractivity contribution in [2.45, 2.75) is 38.8 Å². The van der Waals surface area contributed by atoms with Crippen molar-refractivity contribution >= 4 is 16.5 Å². The smallest absolute Gasteiger partial charge is 0.132 e. The third-order valence-corrected chi connectivity index (χ3v) is 3.50. The van der Waals surface area contributed by atoms with Crippen LogP contribution in [0, 0.1) is 0 Å². The van der Waals surface area contributed by atoms with Gasteiger partial charge in [0.25, 0.3) is 0 Å². The van der Waals surface area contributed by atoms with E-state index in [-0.39, 0.29) is 0 Å². The van der Waals surface area contributed by atoms with E-state index in [1.807, 2.05) is 0 Å². The lowest BCUT2D eigenvalue weighted by atomic mass is 10.2. The Morgan fingerprint density at radius 1 is 1.64 bits per heavy atom. The molecule has 0 radical (unpaired) electrons. The molecule has 1 unspecified atom stereocenters. The number of aromatic nitrogens is 2. The zero-order chi connectivity index (χ0) is 9.97. The van der Waals surface area contributed by atoms with Gasteiger partial charge in [-0.25, -0.2) is 0 Å². The van der Waals surface area contributed by atoms with Crippen LogP contribution < -0.4 is 5.73 Å². The minimum atomic E-state index is 0.719. The average molecular weight is 212 g/mol. The van der Waals surface area contributed by atoms with Crippen LogP contribution in [0.5, 0.6) is 0 Å². The van der Waals surface area contributed by atoms with E-state index in [1.165, 1.54) is 37.3 Å². The number of hydrogen-bond donors (Lipinski definition) is 1. The molecule has 1 saturated heterocycles. The summed E-state index contributed by atoms with van der Waals surface area (Å²) < 4.78 is 3.85. The fourth-order valence-electron chi connectivity index (χ4n) is 2.08. The van der Waals surface area contributed by atoms with Gasteiger partial charge in [0.05, 0.1) is 0 Å². The third kappa shape index (κ3) is 1.88. The van der Waals surface area contributed by atoms with Crippen molar-refractivity contribution < 1.29 is 0 Å². The Hall–Kier alpha value is -0.680. The quantitative estimate of drug-likeness (QED) is 0.825. The first-order valence-corrected chi connectivity index (χ1v) is 5.89. The van der Waals surface area contributed by atoms with Gasteiger partial charge in [0, 0.05) is 24.1 Å². The monoisotopic (exact) mass is 212 g/mol. The molecule has 0 bridgehead atoms. The second-order valence-electron chi connectivity index (χ2n) is 3.76. The van der Waals surface area contributed by atoms with Crippen LogP contribution in [0.1, 0.15) is 31.9 Å². The normalized spacial score (nSPS) is 23.1. The van der Waals surface area contributed by atoms with E-state index in [1.54, 1.807) is 0 Å². The van der Waals surface area contributed by atoms with Gasteiger partial charge in [-0.3, -0.25) is 4.90 Å². The number of nitrogens with zero attached hydrogens (tertiary/aromatic N) is 3. The van der Waals surface area contributed by atoms with Crippen molar-refractivity contribution in [1.29, 1.82) is 0 Å². The van der Waals surface area contributed by atoms with Crippen LogP contribution in [-0.2, 0) is 6.54 Å². The summed E-state index contributed by atoms with van der Waals surface area (Å²) in [6.45, 7) is 4.29. The second kappa shape index (κ2) is 4.23. The molecular formula is C9H16N4S. The molecule has 78 valence electrons. The first kappa shape index (κ1) is 9.86. The predicted molar refractivity (Wildman–Crippen MR) is 58.0 cm³/mol. The number of nitrogen functional groups attached to an aromatic ring is 1. The van der Waals surface area contributed by atoms with Gasteiger partial charge >= 0.3 is 0 Å². The molecule has 4 nitrogen and oxygen atoms in total. The summed E-state index contributed by atoms with van der Waals surface area (Å²) >= 11 is 1.29. The van der Waals surface area contributed by atoms with E-state index in [0.29, 0.717) is 0 Å². The molecule has 2 rings (SSSR count). The molecule has 2 heterocycles. The Bertz CT molecular complexity index is 299. The summed E-state index contributed by atoms with van der Waals surface area (Å²) in [5, 5.41) is 4.82. The number of hydrogen-bond acceptors (Lipinski definition) is 5. The van der Waals surface area contributed by atoms with Crippen LogP contribution in [0.4, 0.5) is 5.00 Å². The highest BCUT2D eigenvalue weighted by atomic mass is 32.1. The van der Waals surface area contributed by atoms with Gasteiger partial charge < -0.3 is 5.73 Å². The Morgan fingerprint density at radius 2 is 2.50 bits per heavy atom. The van der Waals surface area contributed by atoms with Crippen molar-refractivity contribution in [2.75, 3.05) is 12.3 Å². The first-order valence-electron chi connectivity index (χ1n) is 5.12. The second-order valence-corrected chi connectivity index (χ2v) is 4.54. The molecule has 0 spiro atoms. The lowest BCUT2D eigenvalue weighted by Crippen LogP contribution is -2.28. The van der Waals surface area contributed by atoms with Crippen LogP contribution in [-0.4, -0.2) is 27.1 Å². The Kier molecular flexibility index (Phi) is 2.98. The van der Waals surface area contributed by atoms with E-state index >= 15 is 0 Å². The fourth-order valence-corrected chi connectivity index (χ4v) is 2.52. The number of nitrogens with two attached hydrogens (primary N) is 1. The van der Waals surface area contributed by atoms with Gasteiger partial charge in [-0.15, -0.1) is 5.10 Å². The summed E-state index contributed by atoms with van der Waals surface area (Å²) in [5.41, 5.74) is 6.73. The van der Waals surface area contributed by atoms with Crippen LogP contribution in [0.15, 0.2) is 0 Å². The highest BCUT2D eigenvalue weighted by molar-refractivity contribution is 7.09. The Morgan fingerprint density at radius 3 is 3.14 bits per heavy atom. The van der Waals surface area contributed by atoms with Gasteiger partial charge in [-0.05, 0) is 25.8 Å². The van der Waals surface area contributed by atoms with E-state index < -0.39 is 0 Å². The zero-order valence-corrected chi connectivity index (χ0v) is 9.26. The number of rotatable bonds is 3. The molecule has 1 aliphatic rings. The lowest BCUT2D eigenvalue weighted by molar-refractivity contribution is 0.237. The summed E-state index contributed by atoms with van der Waals surface area (Å²) in [6.07, 6.45) is 3.83. The highest BCUT2D eigenvalue weighted by Crippen LogP contribution is 2.24. The van der Waals surface area contributed by atoms with Gasteiger partial charge in [-0.1, -0.05) is 11.4 Å². The third-order valence-electron chi connectivity index (χ3n) is 2.91. The fraction of sp³-hybridized carbons (Fsp3) is 0.778. The number of likely N-dealkylation sites (tertiary alicyclic amines) is 1. The molecule has 0 aromatic carbocycles. The number of anilines is 1. The molecule has 0 amide bonds. The molecule has 1 atom stereocenters. The Labute approximate surface area is 88.3 Å². The summed E-state index contributed by atoms with van der Waals surface area (Å²) in [7, 11) is 0. The first-order chi connectivity index (χ1) is 6.81. The SMILES string of the molecule is CCC1CCCN1Cc1nnsc1N. The van der Waals surface area contributed by atoms with Gasteiger partial charge in [0.2, 0.25) is 0 Å². The summed E-state index contributed by atoms with van der Waals surface area (Å²) in [4.78, 5) is 2.47. The van der Waals surface area contributed by atoms with Crippen molar-refractivity contribution in [3.8, 4) is 0 Å². The van der Waals surface area contributed by atoms with Crippen molar-refractivity contribution in [3.05, 3.63) is 5.69 Å². The van der Waals surface area contributed by atoms with E-state index in [0.717, 1.165) is 23.3 Å². The maximum Gasteiger partial charge on any atom is 0.132 e. The largest absolute Gasteiger partial charge is 0.388 e. The molecule has 1 aromatic rings. The van der Waals surface area contributed by atoms with Gasteiger partial charge in [0.1, 0.15) is 10.7 Å². The zero-order valence-electron chi connectivity index (χ0n) is 8.44. The molecule has 2 N–H and O–H groups in total. The minimum absolute atomic E-state index is 0.719. The predicted octanol–water partition coefficient (Wildman–Crippen LogP) is 1.49. The summed E-state index contributed by atoms with van der Waals surface area (Å²) in [5.74, 6) is 0. The molecule has 0 aliphatic carbocycles. The van der Waals surface area contributed by atoms with Gasteiger partial charge in [-0.2, -0.15) is 0 Å².